The van der Waals surface area contributed by atoms with E-state index in [0.29, 0.717) is 5.41 Å². The van der Waals surface area contributed by atoms with Crippen molar-refractivity contribution in [2.24, 2.45) is 5.41 Å². The van der Waals surface area contributed by atoms with E-state index in [2.05, 4.69) is 26.2 Å². The Morgan fingerprint density at radius 3 is 2.17 bits per heavy atom. The molecule has 0 aromatic heterocycles. The summed E-state index contributed by atoms with van der Waals surface area (Å²) in [5.41, 5.74) is 0.550. The van der Waals surface area contributed by atoms with Gasteiger partial charge in [-0.25, -0.2) is 0 Å². The molecule has 0 amide bonds. The molecule has 1 saturated carbocycles. The van der Waals surface area contributed by atoms with E-state index < -0.39 is 0 Å². The monoisotopic (exact) mass is 173 g/mol. The smallest absolute Gasteiger partial charge is 0.0402 e. The van der Waals surface area contributed by atoms with Crippen LogP contribution in [0.1, 0.15) is 40.0 Å². The molecule has 1 aliphatic carbocycles. The van der Waals surface area contributed by atoms with Crippen LogP contribution in [-0.2, 0) is 0 Å². The molecule has 1 unspecified atom stereocenters. The Morgan fingerprint density at radius 1 is 1.50 bits per heavy atom. The highest BCUT2D eigenvalue weighted by atomic mass is 16.2. The minimum Gasteiger partial charge on any atom is -0.397 e. The van der Waals surface area contributed by atoms with Crippen LogP contribution in [0.15, 0.2) is 0 Å². The van der Waals surface area contributed by atoms with Gasteiger partial charge in [0.15, 0.2) is 0 Å². The predicted octanol–water partition coefficient (Wildman–Crippen LogP) is 1.78. The van der Waals surface area contributed by atoms with Gasteiger partial charge in [0.05, 0.1) is 0 Å². The number of aliphatic hydroxyl groups is 1. The van der Waals surface area contributed by atoms with Gasteiger partial charge in [-0.3, -0.25) is 0 Å². The molecule has 0 spiro atoms. The molecule has 1 fully saturated rings. The Labute approximate surface area is 76.4 Å². The van der Waals surface area contributed by atoms with Crippen molar-refractivity contribution in [3.05, 3.63) is 0 Å². The lowest BCUT2D eigenvalue weighted by Crippen LogP contribution is -2.34. The molecule has 12 heavy (non-hydrogen) atoms. The molecule has 0 aromatic rings. The molecule has 1 aliphatic rings. The van der Waals surface area contributed by atoms with Crippen molar-refractivity contribution in [2.75, 3.05) is 13.7 Å². The fourth-order valence-corrected chi connectivity index (χ4v) is 1.86. The average molecular weight is 173 g/mol. The summed E-state index contributed by atoms with van der Waals surface area (Å²) in [5.74, 6) is 0. The predicted molar refractivity (Wildman–Crippen MR) is 53.2 cm³/mol. The lowest BCUT2D eigenvalue weighted by atomic mass is 9.88. The van der Waals surface area contributed by atoms with E-state index in [9.17, 15) is 0 Å². The summed E-state index contributed by atoms with van der Waals surface area (Å²) in [5, 5.41) is 10.9. The third kappa shape index (κ3) is 3.55. The van der Waals surface area contributed by atoms with E-state index in [0.717, 1.165) is 6.04 Å². The number of hydrogen-bond acceptors (Lipinski definition) is 2. The summed E-state index contributed by atoms with van der Waals surface area (Å²) < 4.78 is 0. The van der Waals surface area contributed by atoms with Gasteiger partial charge in [-0.1, -0.05) is 20.3 Å². The highest BCUT2D eigenvalue weighted by molar-refractivity contribution is 4.88. The second-order valence-corrected chi connectivity index (χ2v) is 4.04. The molecule has 2 heteroatoms. The molecule has 0 radical (unpaired) electrons. The van der Waals surface area contributed by atoms with Gasteiger partial charge in [0.2, 0.25) is 0 Å². The highest BCUT2D eigenvalue weighted by Gasteiger charge is 2.32. The van der Waals surface area contributed by atoms with Crippen molar-refractivity contribution < 1.29 is 5.11 Å². The van der Waals surface area contributed by atoms with Crippen LogP contribution >= 0.6 is 0 Å². The van der Waals surface area contributed by atoms with Crippen LogP contribution in [-0.4, -0.2) is 24.8 Å². The second kappa shape index (κ2) is 5.55. The number of rotatable bonds is 1. The van der Waals surface area contributed by atoms with Crippen LogP contribution in [0.5, 0.6) is 0 Å². The van der Waals surface area contributed by atoms with Crippen LogP contribution in [0.4, 0.5) is 0 Å². The van der Waals surface area contributed by atoms with Gasteiger partial charge in [0.25, 0.3) is 0 Å². The summed E-state index contributed by atoms with van der Waals surface area (Å²) in [4.78, 5) is 0. The number of nitrogens with one attached hydrogen (secondary N) is 1. The van der Waals surface area contributed by atoms with Gasteiger partial charge in [0, 0.05) is 12.6 Å². The maximum Gasteiger partial charge on any atom is 0.0402 e. The lowest BCUT2D eigenvalue weighted by Gasteiger charge is -2.26. The quantitative estimate of drug-likeness (QED) is 0.633. The zero-order valence-electron chi connectivity index (χ0n) is 8.85. The molecule has 74 valence electrons. The number of hydrogen-bond donors (Lipinski definition) is 2. The minimum absolute atomic E-state index is 0.250. The highest BCUT2D eigenvalue weighted by Crippen LogP contribution is 2.36. The first-order valence-electron chi connectivity index (χ1n) is 4.86. The summed E-state index contributed by atoms with van der Waals surface area (Å²) in [7, 11) is 2.07. The summed E-state index contributed by atoms with van der Waals surface area (Å²) in [6, 6.07) is 0.762. The molecule has 0 aliphatic heterocycles. The standard InChI is InChI=1S/C8H17N.C2H6O/c1-8(2)6-4-5-7(8)9-3;1-2-3/h7,9H,4-6H2,1-3H3;3H,2H2,1H3. The molecular weight excluding hydrogens is 150 g/mol. The Morgan fingerprint density at radius 2 is 2.00 bits per heavy atom. The van der Waals surface area contributed by atoms with Crippen molar-refractivity contribution in [3.8, 4) is 0 Å². The maximum absolute atomic E-state index is 7.57. The fraction of sp³-hybridized carbons (Fsp3) is 1.00. The van der Waals surface area contributed by atoms with Crippen LogP contribution < -0.4 is 5.32 Å². The first-order valence-corrected chi connectivity index (χ1v) is 4.86. The summed E-state index contributed by atoms with van der Waals surface area (Å²) in [6.07, 6.45) is 4.15. The third-order valence-corrected chi connectivity index (χ3v) is 2.61. The van der Waals surface area contributed by atoms with Crippen molar-refractivity contribution in [2.45, 2.75) is 46.1 Å². The van der Waals surface area contributed by atoms with E-state index in [-0.39, 0.29) is 6.61 Å². The van der Waals surface area contributed by atoms with Gasteiger partial charge >= 0.3 is 0 Å². The van der Waals surface area contributed by atoms with Gasteiger partial charge in [-0.2, -0.15) is 0 Å². The fourth-order valence-electron chi connectivity index (χ4n) is 1.86. The largest absolute Gasteiger partial charge is 0.397 e. The molecular formula is C10H23NO. The van der Waals surface area contributed by atoms with Crippen molar-refractivity contribution in [1.29, 1.82) is 0 Å². The van der Waals surface area contributed by atoms with Crippen LogP contribution in [0.2, 0.25) is 0 Å². The van der Waals surface area contributed by atoms with Crippen LogP contribution in [0.25, 0.3) is 0 Å². The maximum atomic E-state index is 7.57. The first-order chi connectivity index (χ1) is 5.58. The Balaban J connectivity index is 0.000000354. The topological polar surface area (TPSA) is 32.3 Å². The van der Waals surface area contributed by atoms with Crippen molar-refractivity contribution in [3.63, 3.8) is 0 Å². The molecule has 0 aromatic carbocycles. The minimum atomic E-state index is 0.250. The van der Waals surface area contributed by atoms with E-state index in [1.54, 1.807) is 6.92 Å². The summed E-state index contributed by atoms with van der Waals surface area (Å²) in [6.45, 7) is 6.63. The second-order valence-electron chi connectivity index (χ2n) is 4.04. The van der Waals surface area contributed by atoms with Crippen LogP contribution in [0.3, 0.4) is 0 Å². The molecule has 1 rings (SSSR count). The van der Waals surface area contributed by atoms with Crippen molar-refractivity contribution >= 4 is 0 Å². The van der Waals surface area contributed by atoms with Crippen LogP contribution in [0, 0.1) is 5.41 Å². The van der Waals surface area contributed by atoms with E-state index in [1.165, 1.54) is 19.3 Å². The van der Waals surface area contributed by atoms with Gasteiger partial charge in [0.1, 0.15) is 0 Å². The van der Waals surface area contributed by atoms with Gasteiger partial charge < -0.3 is 10.4 Å². The molecule has 0 saturated heterocycles. The van der Waals surface area contributed by atoms with Crippen molar-refractivity contribution in [1.82, 2.24) is 5.32 Å². The normalized spacial score (nSPS) is 26.2. The average Bonchev–Trinajstić information content (AvgIpc) is 2.30. The summed E-state index contributed by atoms with van der Waals surface area (Å²) >= 11 is 0. The van der Waals surface area contributed by atoms with E-state index >= 15 is 0 Å². The Hall–Kier alpha value is -0.0800. The SMILES string of the molecule is CCO.CNC1CCCC1(C)C. The molecule has 0 heterocycles. The Bertz CT molecular complexity index is 112. The van der Waals surface area contributed by atoms with E-state index in [4.69, 9.17) is 5.11 Å². The van der Waals surface area contributed by atoms with Gasteiger partial charge in [-0.15, -0.1) is 0 Å². The Kier molecular flexibility index (Phi) is 5.51. The third-order valence-electron chi connectivity index (χ3n) is 2.61. The molecule has 1 atom stereocenters. The zero-order valence-corrected chi connectivity index (χ0v) is 8.85. The first kappa shape index (κ1) is 11.9. The van der Waals surface area contributed by atoms with E-state index in [1.807, 2.05) is 0 Å². The zero-order chi connectivity index (χ0) is 9.61. The van der Waals surface area contributed by atoms with Gasteiger partial charge in [-0.05, 0) is 32.2 Å². The molecule has 2 N–H and O–H groups in total. The molecule has 0 bridgehead atoms. The lowest BCUT2D eigenvalue weighted by molar-refractivity contribution is 0.297. The number of aliphatic hydroxyl groups excluding tert-OH is 1. The molecule has 2 nitrogen and oxygen atoms in total.